The molecule has 2 aromatic rings. The third kappa shape index (κ3) is 5.45. The molecular weight excluding hydrogens is 400 g/mol. The molecule has 1 aromatic heterocycles. The predicted molar refractivity (Wildman–Crippen MR) is 119 cm³/mol. The van der Waals surface area contributed by atoms with Crippen LogP contribution in [0.5, 0.6) is 0 Å². The Morgan fingerprint density at radius 1 is 1.23 bits per heavy atom. The van der Waals surface area contributed by atoms with Crippen molar-refractivity contribution in [3.05, 3.63) is 52.8 Å². The van der Waals surface area contributed by atoms with Crippen molar-refractivity contribution in [3.8, 4) is 5.69 Å². The maximum atomic E-state index is 12.7. The SMILES string of the molecule is CCc1cc(Cl)ccc1-n1cccc1C(C)CCC(=O)N1CCC(CC(=O)O)CC1. The van der Waals surface area contributed by atoms with Gasteiger partial charge in [0.25, 0.3) is 0 Å². The molecule has 0 aliphatic carbocycles. The number of amides is 1. The molecular formula is C24H31ClN2O3. The first-order chi connectivity index (χ1) is 14.4. The quantitative estimate of drug-likeness (QED) is 0.618. The number of hydrogen-bond donors (Lipinski definition) is 1. The van der Waals surface area contributed by atoms with Gasteiger partial charge in [0.2, 0.25) is 5.91 Å². The number of aromatic nitrogens is 1. The minimum Gasteiger partial charge on any atom is -0.481 e. The van der Waals surface area contributed by atoms with E-state index in [2.05, 4.69) is 42.8 Å². The number of nitrogens with zero attached hydrogens (tertiary/aromatic N) is 2. The van der Waals surface area contributed by atoms with Crippen molar-refractivity contribution in [1.82, 2.24) is 9.47 Å². The zero-order valence-corrected chi connectivity index (χ0v) is 18.6. The molecule has 3 rings (SSSR count). The Hall–Kier alpha value is -2.27. The molecule has 0 bridgehead atoms. The Labute approximate surface area is 183 Å². The number of carboxylic acids is 1. The number of rotatable bonds is 8. The summed E-state index contributed by atoms with van der Waals surface area (Å²) in [7, 11) is 0. The highest BCUT2D eigenvalue weighted by Crippen LogP contribution is 2.28. The van der Waals surface area contributed by atoms with E-state index >= 15 is 0 Å². The van der Waals surface area contributed by atoms with Crippen molar-refractivity contribution in [2.24, 2.45) is 5.92 Å². The normalized spacial score (nSPS) is 15.9. The lowest BCUT2D eigenvalue weighted by Gasteiger charge is -2.31. The molecule has 1 saturated heterocycles. The Bertz CT molecular complexity index is 884. The number of likely N-dealkylation sites (tertiary alicyclic amines) is 1. The summed E-state index contributed by atoms with van der Waals surface area (Å²) in [6.45, 7) is 5.64. The van der Waals surface area contributed by atoms with E-state index in [1.807, 2.05) is 17.0 Å². The van der Waals surface area contributed by atoms with Crippen LogP contribution in [0.1, 0.15) is 63.1 Å². The molecule has 0 spiro atoms. The van der Waals surface area contributed by atoms with Crippen LogP contribution in [0.4, 0.5) is 0 Å². The second kappa shape index (κ2) is 10.2. The molecule has 0 radical (unpaired) electrons. The molecule has 1 amide bonds. The van der Waals surface area contributed by atoms with Crippen molar-refractivity contribution < 1.29 is 14.7 Å². The molecule has 5 nitrogen and oxygen atoms in total. The number of halogens is 1. The number of aliphatic carboxylic acids is 1. The van der Waals surface area contributed by atoms with Crippen molar-refractivity contribution in [1.29, 1.82) is 0 Å². The molecule has 0 saturated carbocycles. The van der Waals surface area contributed by atoms with E-state index in [0.717, 1.165) is 36.4 Å². The van der Waals surface area contributed by atoms with Gasteiger partial charge in [-0.15, -0.1) is 0 Å². The van der Waals surface area contributed by atoms with E-state index < -0.39 is 5.97 Å². The van der Waals surface area contributed by atoms with E-state index in [1.165, 1.54) is 11.3 Å². The number of aryl methyl sites for hydroxylation is 1. The van der Waals surface area contributed by atoms with Gasteiger partial charge >= 0.3 is 5.97 Å². The molecule has 1 unspecified atom stereocenters. The van der Waals surface area contributed by atoms with Gasteiger partial charge in [0.05, 0.1) is 0 Å². The van der Waals surface area contributed by atoms with Gasteiger partial charge in [-0.3, -0.25) is 9.59 Å². The maximum absolute atomic E-state index is 12.7. The fourth-order valence-electron chi connectivity index (χ4n) is 4.37. The van der Waals surface area contributed by atoms with E-state index in [1.54, 1.807) is 0 Å². The maximum Gasteiger partial charge on any atom is 0.303 e. The summed E-state index contributed by atoms with van der Waals surface area (Å²) in [4.78, 5) is 25.5. The fraction of sp³-hybridized carbons (Fsp3) is 0.500. The lowest BCUT2D eigenvalue weighted by molar-refractivity contribution is -0.138. The highest BCUT2D eigenvalue weighted by atomic mass is 35.5. The number of carbonyl (C=O) groups excluding carboxylic acids is 1. The molecule has 30 heavy (non-hydrogen) atoms. The lowest BCUT2D eigenvalue weighted by atomic mass is 9.93. The van der Waals surface area contributed by atoms with Crippen LogP contribution in [0.25, 0.3) is 5.69 Å². The summed E-state index contributed by atoms with van der Waals surface area (Å²) in [6.07, 6.45) is 6.05. The molecule has 1 aliphatic heterocycles. The van der Waals surface area contributed by atoms with Gasteiger partial charge in [0, 0.05) is 48.5 Å². The number of piperidine rings is 1. The van der Waals surface area contributed by atoms with Gasteiger partial charge in [-0.1, -0.05) is 25.4 Å². The smallest absolute Gasteiger partial charge is 0.303 e. The van der Waals surface area contributed by atoms with Gasteiger partial charge in [-0.25, -0.2) is 0 Å². The van der Waals surface area contributed by atoms with Crippen molar-refractivity contribution in [2.75, 3.05) is 13.1 Å². The second-order valence-corrected chi connectivity index (χ2v) is 8.73. The van der Waals surface area contributed by atoms with E-state index in [-0.39, 0.29) is 24.2 Å². The lowest BCUT2D eigenvalue weighted by Crippen LogP contribution is -2.38. The number of hydrogen-bond acceptors (Lipinski definition) is 2. The standard InChI is InChI=1S/C24H31ClN2O3/c1-3-19-16-20(25)7-8-22(19)27-12-4-5-21(27)17(2)6-9-23(28)26-13-10-18(11-14-26)15-24(29)30/h4-5,7-8,12,16-18H,3,6,9-11,13-15H2,1-2H3,(H,29,30). The molecule has 1 N–H and O–H groups in total. The molecule has 1 aromatic carbocycles. The minimum atomic E-state index is -0.747. The van der Waals surface area contributed by atoms with Crippen LogP contribution in [-0.4, -0.2) is 39.5 Å². The van der Waals surface area contributed by atoms with Crippen LogP contribution in [0, 0.1) is 5.92 Å². The van der Waals surface area contributed by atoms with E-state index in [0.29, 0.717) is 19.5 Å². The average Bonchev–Trinajstić information content (AvgIpc) is 3.21. The van der Waals surface area contributed by atoms with Gasteiger partial charge in [0.1, 0.15) is 0 Å². The summed E-state index contributed by atoms with van der Waals surface area (Å²) < 4.78 is 2.21. The van der Waals surface area contributed by atoms with Crippen LogP contribution < -0.4 is 0 Å². The monoisotopic (exact) mass is 430 g/mol. The molecule has 6 heteroatoms. The third-order valence-corrected chi connectivity index (χ3v) is 6.42. The van der Waals surface area contributed by atoms with E-state index in [9.17, 15) is 9.59 Å². The van der Waals surface area contributed by atoms with Gasteiger partial charge in [-0.05, 0) is 73.4 Å². The first kappa shape index (κ1) is 22.4. The topological polar surface area (TPSA) is 62.5 Å². The minimum absolute atomic E-state index is 0.175. The van der Waals surface area contributed by atoms with Crippen molar-refractivity contribution in [2.45, 2.75) is 58.3 Å². The van der Waals surface area contributed by atoms with Gasteiger partial charge < -0.3 is 14.6 Å². The van der Waals surface area contributed by atoms with Crippen LogP contribution in [-0.2, 0) is 16.0 Å². The highest BCUT2D eigenvalue weighted by Gasteiger charge is 2.24. The number of carboxylic acid groups (broad SMARTS) is 1. The fourth-order valence-corrected chi connectivity index (χ4v) is 4.56. The molecule has 1 fully saturated rings. The van der Waals surface area contributed by atoms with E-state index in [4.69, 9.17) is 16.7 Å². The summed E-state index contributed by atoms with van der Waals surface area (Å²) in [5, 5.41) is 9.68. The van der Waals surface area contributed by atoms with Crippen LogP contribution in [0.15, 0.2) is 36.5 Å². The van der Waals surface area contributed by atoms with Crippen LogP contribution in [0.3, 0.4) is 0 Å². The van der Waals surface area contributed by atoms with Crippen LogP contribution in [0.2, 0.25) is 5.02 Å². The average molecular weight is 431 g/mol. The largest absolute Gasteiger partial charge is 0.481 e. The molecule has 1 aliphatic rings. The molecule has 2 heterocycles. The zero-order valence-electron chi connectivity index (χ0n) is 17.8. The summed E-state index contributed by atoms with van der Waals surface area (Å²) in [6, 6.07) is 10.2. The van der Waals surface area contributed by atoms with Crippen molar-refractivity contribution >= 4 is 23.5 Å². The van der Waals surface area contributed by atoms with Gasteiger partial charge in [0.15, 0.2) is 0 Å². The Kier molecular flexibility index (Phi) is 7.59. The predicted octanol–water partition coefficient (Wildman–Crippen LogP) is 5.29. The Morgan fingerprint density at radius 2 is 1.97 bits per heavy atom. The summed E-state index contributed by atoms with van der Waals surface area (Å²) in [5.74, 6) is -0.132. The van der Waals surface area contributed by atoms with Crippen LogP contribution >= 0.6 is 11.6 Å². The Balaban J connectivity index is 1.59. The number of benzene rings is 1. The second-order valence-electron chi connectivity index (χ2n) is 8.29. The highest BCUT2D eigenvalue weighted by molar-refractivity contribution is 6.30. The summed E-state index contributed by atoms with van der Waals surface area (Å²) in [5.41, 5.74) is 3.54. The summed E-state index contributed by atoms with van der Waals surface area (Å²) >= 11 is 6.17. The molecule has 162 valence electrons. The van der Waals surface area contributed by atoms with Crippen molar-refractivity contribution in [3.63, 3.8) is 0 Å². The zero-order chi connectivity index (χ0) is 21.7. The first-order valence-electron chi connectivity index (χ1n) is 10.8. The number of carbonyl (C=O) groups is 2. The molecule has 1 atom stereocenters. The Morgan fingerprint density at radius 3 is 2.63 bits per heavy atom. The van der Waals surface area contributed by atoms with Gasteiger partial charge in [-0.2, -0.15) is 0 Å². The first-order valence-corrected chi connectivity index (χ1v) is 11.2. The third-order valence-electron chi connectivity index (χ3n) is 6.19.